The largest absolute Gasteiger partial charge is 0.490 e. The van der Waals surface area contributed by atoms with Crippen LogP contribution >= 0.6 is 11.6 Å². The van der Waals surface area contributed by atoms with E-state index in [0.717, 1.165) is 68.6 Å². The summed E-state index contributed by atoms with van der Waals surface area (Å²) in [6.45, 7) is 3.88. The molecule has 248 valence electrons. The average Bonchev–Trinajstić information content (AvgIpc) is 3.14. The highest BCUT2D eigenvalue weighted by molar-refractivity contribution is 7.90. The van der Waals surface area contributed by atoms with Crippen molar-refractivity contribution in [1.29, 1.82) is 0 Å². The van der Waals surface area contributed by atoms with Gasteiger partial charge in [-0.1, -0.05) is 36.7 Å². The lowest BCUT2D eigenvalue weighted by Crippen LogP contribution is -2.49. The Morgan fingerprint density at radius 1 is 1.09 bits per heavy atom. The summed E-state index contributed by atoms with van der Waals surface area (Å²) >= 11 is 6.43. The molecular formula is C36H45ClN2O6S. The van der Waals surface area contributed by atoms with Crippen molar-refractivity contribution in [2.24, 2.45) is 17.8 Å². The average molecular weight is 669 g/mol. The van der Waals surface area contributed by atoms with Crippen molar-refractivity contribution in [3.05, 3.63) is 64.7 Å². The van der Waals surface area contributed by atoms with Gasteiger partial charge in [-0.25, -0.2) is 13.1 Å². The predicted octanol–water partition coefficient (Wildman–Crippen LogP) is 6.19. The van der Waals surface area contributed by atoms with Gasteiger partial charge in [0, 0.05) is 30.6 Å². The number of amides is 1. The Bertz CT molecular complexity index is 1610. The maximum atomic E-state index is 13.8. The Morgan fingerprint density at radius 3 is 2.67 bits per heavy atom. The molecule has 0 radical (unpaired) electrons. The van der Waals surface area contributed by atoms with E-state index >= 15 is 0 Å². The highest BCUT2D eigenvalue weighted by Crippen LogP contribution is 2.47. The molecule has 2 heterocycles. The number of carbonyl (C=O) groups is 1. The zero-order valence-electron chi connectivity index (χ0n) is 26.8. The first-order chi connectivity index (χ1) is 22.2. The molecule has 2 bridgehead atoms. The smallest absolute Gasteiger partial charge is 0.264 e. The van der Waals surface area contributed by atoms with Crippen LogP contribution in [0.15, 0.2) is 53.4 Å². The van der Waals surface area contributed by atoms with Crippen molar-refractivity contribution in [2.75, 3.05) is 31.7 Å². The molecular weight excluding hydrogens is 624 g/mol. The van der Waals surface area contributed by atoms with Gasteiger partial charge in [0.1, 0.15) is 11.9 Å². The summed E-state index contributed by atoms with van der Waals surface area (Å²) in [6.07, 6.45) is 11.8. The molecule has 0 unspecified atom stereocenters. The van der Waals surface area contributed by atoms with E-state index in [1.54, 1.807) is 25.3 Å². The van der Waals surface area contributed by atoms with E-state index < -0.39 is 22.0 Å². The third kappa shape index (κ3) is 6.09. The lowest BCUT2D eigenvalue weighted by atomic mass is 9.68. The summed E-state index contributed by atoms with van der Waals surface area (Å²) < 4.78 is 48.8. The summed E-state index contributed by atoms with van der Waals surface area (Å²) in [4.78, 5) is 16.0. The molecule has 2 aliphatic heterocycles. The number of hydrogen-bond donors (Lipinski definition) is 1. The summed E-state index contributed by atoms with van der Waals surface area (Å²) in [5.74, 6) is 0.522. The molecule has 8 nitrogen and oxygen atoms in total. The molecule has 2 saturated carbocycles. The van der Waals surface area contributed by atoms with Crippen LogP contribution in [0.1, 0.15) is 69.4 Å². The quantitative estimate of drug-likeness (QED) is 0.390. The van der Waals surface area contributed by atoms with Crippen molar-refractivity contribution in [2.45, 2.75) is 93.3 Å². The van der Waals surface area contributed by atoms with Gasteiger partial charge in [-0.15, -0.1) is 0 Å². The number of nitrogens with zero attached hydrogens (tertiary/aromatic N) is 1. The molecule has 1 spiro atoms. The van der Waals surface area contributed by atoms with Crippen molar-refractivity contribution in [1.82, 2.24) is 4.72 Å². The lowest BCUT2D eigenvalue weighted by molar-refractivity contribution is -0.143. The molecule has 2 aromatic carbocycles. The highest BCUT2D eigenvalue weighted by atomic mass is 35.5. The predicted molar refractivity (Wildman–Crippen MR) is 178 cm³/mol. The maximum absolute atomic E-state index is 13.8. The zero-order valence-corrected chi connectivity index (χ0v) is 28.3. The highest BCUT2D eigenvalue weighted by Gasteiger charge is 2.45. The first kappa shape index (κ1) is 32.0. The Kier molecular flexibility index (Phi) is 8.89. The number of benzene rings is 2. The minimum Gasteiger partial charge on any atom is -0.490 e. The van der Waals surface area contributed by atoms with Gasteiger partial charge in [-0.3, -0.25) is 4.79 Å². The van der Waals surface area contributed by atoms with Crippen molar-refractivity contribution >= 4 is 33.2 Å². The van der Waals surface area contributed by atoms with Crippen molar-refractivity contribution < 1.29 is 27.4 Å². The zero-order chi connectivity index (χ0) is 32.1. The second kappa shape index (κ2) is 12.8. The van der Waals surface area contributed by atoms with Gasteiger partial charge in [-0.05, 0) is 117 Å². The number of aryl methyl sites for hydroxylation is 1. The van der Waals surface area contributed by atoms with Crippen LogP contribution in [0.4, 0.5) is 5.69 Å². The molecule has 1 amide bonds. The van der Waals surface area contributed by atoms with Crippen LogP contribution in [0, 0.1) is 17.8 Å². The molecule has 6 atom stereocenters. The van der Waals surface area contributed by atoms with E-state index in [-0.39, 0.29) is 28.4 Å². The van der Waals surface area contributed by atoms with Crippen LogP contribution in [-0.2, 0) is 36.1 Å². The normalized spacial score (nSPS) is 33.3. The molecule has 0 aromatic heterocycles. The van der Waals surface area contributed by atoms with E-state index in [4.69, 9.17) is 25.8 Å². The van der Waals surface area contributed by atoms with Crippen molar-refractivity contribution in [3.63, 3.8) is 0 Å². The van der Waals surface area contributed by atoms with Gasteiger partial charge in [0.2, 0.25) is 0 Å². The number of carbonyl (C=O) groups excluding carboxylic acids is 1. The van der Waals surface area contributed by atoms with Gasteiger partial charge in [-0.2, -0.15) is 0 Å². The van der Waals surface area contributed by atoms with Gasteiger partial charge >= 0.3 is 0 Å². The molecule has 2 aromatic rings. The Balaban J connectivity index is 1.29. The van der Waals surface area contributed by atoms with E-state index in [1.807, 2.05) is 13.0 Å². The number of halogens is 1. The number of anilines is 1. The molecule has 7 rings (SSSR count). The topological polar surface area (TPSA) is 94.2 Å². The van der Waals surface area contributed by atoms with E-state index in [1.165, 1.54) is 11.1 Å². The summed E-state index contributed by atoms with van der Waals surface area (Å²) in [5.41, 5.74) is 2.99. The molecule has 46 heavy (non-hydrogen) atoms. The summed E-state index contributed by atoms with van der Waals surface area (Å²) in [6, 6.07) is 11.2. The molecule has 3 aliphatic carbocycles. The molecule has 0 saturated heterocycles. The first-order valence-corrected chi connectivity index (χ1v) is 18.7. The van der Waals surface area contributed by atoms with Crippen LogP contribution in [0.25, 0.3) is 0 Å². The second-order valence-electron chi connectivity index (χ2n) is 14.2. The van der Waals surface area contributed by atoms with Gasteiger partial charge in [0.15, 0.2) is 0 Å². The van der Waals surface area contributed by atoms with E-state index in [2.05, 4.69) is 33.9 Å². The standard InChI is InChI=1S/C36H45ClN2O6S/c1-23-6-3-10-32(43-2)29-14-11-25(29)20-39-21-36(17-5-7-24-18-26(37)12-15-30(24)36)22-44-33-16-13-28(19-31(33)39)46(41,42)38-35(40)34(23)45-27-8-4-9-27/h3,10,12-13,15-16,18-19,23,25,27,29,32,34H,4-9,11,14,17,20-22H2,1-2H3,(H,38,40)/b10-3+/t23-,25-,29+,32-,34+,36-/m0/s1. The van der Waals surface area contributed by atoms with Crippen LogP contribution in [0.3, 0.4) is 0 Å². The van der Waals surface area contributed by atoms with Crippen LogP contribution in [0.5, 0.6) is 5.75 Å². The fourth-order valence-electron chi connectivity index (χ4n) is 8.16. The maximum Gasteiger partial charge on any atom is 0.264 e. The lowest BCUT2D eigenvalue weighted by Gasteiger charge is -2.46. The third-order valence-electron chi connectivity index (χ3n) is 11.2. The molecule has 5 aliphatic rings. The molecule has 10 heteroatoms. The fourth-order valence-corrected chi connectivity index (χ4v) is 9.37. The Hall–Kier alpha value is -2.59. The minimum absolute atomic E-state index is 0.0237. The van der Waals surface area contributed by atoms with Gasteiger partial charge < -0.3 is 19.1 Å². The number of nitrogens with one attached hydrogen (secondary N) is 1. The van der Waals surface area contributed by atoms with Crippen LogP contribution < -0.4 is 14.4 Å². The summed E-state index contributed by atoms with van der Waals surface area (Å²) in [5, 5.41) is 0.737. The first-order valence-electron chi connectivity index (χ1n) is 16.9. The third-order valence-corrected chi connectivity index (χ3v) is 12.8. The Morgan fingerprint density at radius 2 is 1.93 bits per heavy atom. The number of sulfonamides is 1. The number of allylic oxidation sites excluding steroid dienone is 1. The van der Waals surface area contributed by atoms with E-state index in [9.17, 15) is 13.2 Å². The fraction of sp³-hybridized carbons (Fsp3) is 0.583. The number of hydrogen-bond acceptors (Lipinski definition) is 7. The molecule has 2 fully saturated rings. The second-order valence-corrected chi connectivity index (χ2v) is 16.3. The monoisotopic (exact) mass is 668 g/mol. The number of rotatable bonds is 3. The van der Waals surface area contributed by atoms with Crippen LogP contribution in [0.2, 0.25) is 5.02 Å². The van der Waals surface area contributed by atoms with Gasteiger partial charge in [0.05, 0.1) is 29.4 Å². The Labute approximate surface area is 277 Å². The number of fused-ring (bicyclic) bond motifs is 4. The van der Waals surface area contributed by atoms with Crippen molar-refractivity contribution in [3.8, 4) is 5.75 Å². The number of methoxy groups -OCH3 is 1. The minimum atomic E-state index is -4.18. The SMILES string of the molecule is CO[C@H]1/C=C/C[C@H](C)[C@@H](OC2CCC2)C(=O)NS(=O)(=O)c2ccc3c(c2)N(C[C@@H]2CC[C@H]21)C[C@@]1(CCCc2cc(Cl)ccc21)CO3. The van der Waals surface area contributed by atoms with Crippen LogP contribution in [-0.4, -0.2) is 59.4 Å². The molecule has 1 N–H and O–H groups in total. The van der Waals surface area contributed by atoms with E-state index in [0.29, 0.717) is 37.2 Å². The number of ether oxygens (including phenoxy) is 3. The van der Waals surface area contributed by atoms with Gasteiger partial charge in [0.25, 0.3) is 15.9 Å². The summed E-state index contributed by atoms with van der Waals surface area (Å²) in [7, 11) is -2.41.